The monoisotopic (exact) mass is 500 g/mol. The fourth-order valence-corrected chi connectivity index (χ4v) is 5.69. The number of phenolic OH excluding ortho intramolecular Hbond substituents is 1. The van der Waals surface area contributed by atoms with Gasteiger partial charge in [-0.25, -0.2) is 0 Å². The Hall–Kier alpha value is -4.35. The van der Waals surface area contributed by atoms with Gasteiger partial charge in [-0.2, -0.15) is 0 Å². The van der Waals surface area contributed by atoms with E-state index in [1.165, 1.54) is 6.07 Å². The number of hydrogen-bond donors (Lipinski definition) is 4. The van der Waals surface area contributed by atoms with Crippen LogP contribution in [-0.2, 0) is 16.0 Å². The quantitative estimate of drug-likeness (QED) is 0.364. The summed E-state index contributed by atoms with van der Waals surface area (Å²) in [7, 11) is 1.55. The van der Waals surface area contributed by atoms with Crippen molar-refractivity contribution in [1.29, 1.82) is 0 Å². The number of allylic oxidation sites excluding steroid dienone is 2. The van der Waals surface area contributed by atoms with Crippen molar-refractivity contribution in [2.45, 2.75) is 31.8 Å². The minimum Gasteiger partial charge on any atom is -0.511 e. The number of rotatable bonds is 2. The zero-order valence-corrected chi connectivity index (χ0v) is 20.2. The van der Waals surface area contributed by atoms with Crippen LogP contribution >= 0.6 is 0 Å². The van der Waals surface area contributed by atoms with Gasteiger partial charge in [0.2, 0.25) is 5.78 Å². The van der Waals surface area contributed by atoms with E-state index in [4.69, 9.17) is 4.74 Å². The summed E-state index contributed by atoms with van der Waals surface area (Å²) in [4.78, 5) is 38.7. The number of ketones is 3. The van der Waals surface area contributed by atoms with Gasteiger partial charge in [0.15, 0.2) is 17.2 Å². The molecule has 4 N–H and O–H groups in total. The van der Waals surface area contributed by atoms with Crippen molar-refractivity contribution in [2.24, 2.45) is 11.8 Å². The van der Waals surface area contributed by atoms with E-state index >= 15 is 0 Å². The van der Waals surface area contributed by atoms with Crippen LogP contribution in [0.5, 0.6) is 11.5 Å². The molecule has 2 aromatic rings. The molecule has 0 aliphatic heterocycles. The maximum Gasteiger partial charge on any atom is 0.209 e. The van der Waals surface area contributed by atoms with E-state index in [1.807, 2.05) is 6.07 Å². The number of aliphatic hydroxyl groups excluding tert-OH is 2. The first kappa shape index (κ1) is 24.3. The molecule has 3 aliphatic carbocycles. The van der Waals surface area contributed by atoms with Crippen molar-refractivity contribution >= 4 is 17.3 Å². The predicted octanol–water partition coefficient (Wildman–Crippen LogP) is 3.09. The second-order valence-corrected chi connectivity index (χ2v) is 9.57. The number of ether oxygens (including phenoxy) is 1. The maximum absolute atomic E-state index is 13.6. The topological polar surface area (TPSA) is 141 Å². The lowest BCUT2D eigenvalue weighted by Gasteiger charge is -2.45. The van der Waals surface area contributed by atoms with Gasteiger partial charge in [-0.1, -0.05) is 17.9 Å². The fraction of sp³-hybridized carbons (Fsp3) is 0.276. The van der Waals surface area contributed by atoms with E-state index in [0.29, 0.717) is 22.4 Å². The van der Waals surface area contributed by atoms with Gasteiger partial charge in [-0.3, -0.25) is 14.4 Å². The summed E-state index contributed by atoms with van der Waals surface area (Å²) in [6.45, 7) is 1.08. The number of Topliss-reactive ketones (excluding diaryl/α,β-unsaturated/α-hetero) is 3. The van der Waals surface area contributed by atoms with Crippen molar-refractivity contribution in [3.63, 3.8) is 0 Å². The first-order valence-electron chi connectivity index (χ1n) is 11.8. The smallest absolute Gasteiger partial charge is 0.209 e. The van der Waals surface area contributed by atoms with E-state index in [-0.39, 0.29) is 36.1 Å². The van der Waals surface area contributed by atoms with Gasteiger partial charge in [0.1, 0.15) is 28.6 Å². The van der Waals surface area contributed by atoms with Crippen LogP contribution in [0.1, 0.15) is 46.8 Å². The molecular weight excluding hydrogens is 476 g/mol. The highest BCUT2D eigenvalue weighted by Crippen LogP contribution is 2.51. The van der Waals surface area contributed by atoms with E-state index in [9.17, 15) is 34.8 Å². The molecule has 0 fully saturated rings. The summed E-state index contributed by atoms with van der Waals surface area (Å²) < 4.78 is 5.22. The third-order valence-corrected chi connectivity index (χ3v) is 7.46. The number of methoxy groups -OCH3 is 1. The summed E-state index contributed by atoms with van der Waals surface area (Å²) in [6, 6.07) is 10.1. The molecule has 0 saturated heterocycles. The van der Waals surface area contributed by atoms with Gasteiger partial charge in [0.05, 0.1) is 12.7 Å². The summed E-state index contributed by atoms with van der Waals surface area (Å²) in [5.74, 6) is 1.05. The van der Waals surface area contributed by atoms with Crippen molar-refractivity contribution in [2.75, 3.05) is 7.11 Å². The average molecular weight is 501 g/mol. The third kappa shape index (κ3) is 3.62. The number of aromatic hydroxyl groups is 1. The van der Waals surface area contributed by atoms with E-state index in [1.54, 1.807) is 31.4 Å². The minimum absolute atomic E-state index is 0.0502. The number of carbonyl (C=O) groups excluding carboxylic acids is 3. The fourth-order valence-electron chi connectivity index (χ4n) is 5.69. The highest BCUT2D eigenvalue weighted by Gasteiger charge is 2.59. The normalized spacial score (nSPS) is 24.5. The van der Waals surface area contributed by atoms with Crippen LogP contribution in [0.15, 0.2) is 59.1 Å². The molecule has 0 amide bonds. The van der Waals surface area contributed by atoms with Gasteiger partial charge in [0.25, 0.3) is 0 Å². The zero-order valence-electron chi connectivity index (χ0n) is 20.2. The van der Waals surface area contributed by atoms with Gasteiger partial charge in [0, 0.05) is 29.0 Å². The van der Waals surface area contributed by atoms with Crippen LogP contribution in [0, 0.1) is 23.7 Å². The predicted molar refractivity (Wildman–Crippen MR) is 131 cm³/mol. The van der Waals surface area contributed by atoms with Crippen LogP contribution in [0.4, 0.5) is 0 Å². The molecule has 2 aromatic carbocycles. The second kappa shape index (κ2) is 8.64. The summed E-state index contributed by atoms with van der Waals surface area (Å²) in [6.07, 6.45) is 0.108. The Labute approximate surface area is 212 Å². The van der Waals surface area contributed by atoms with Gasteiger partial charge < -0.3 is 25.2 Å². The molecule has 0 unspecified atom stereocenters. The lowest BCUT2D eigenvalue weighted by atomic mass is 9.60. The van der Waals surface area contributed by atoms with Crippen molar-refractivity contribution in [3.8, 4) is 23.3 Å². The van der Waals surface area contributed by atoms with Crippen molar-refractivity contribution in [1.82, 2.24) is 0 Å². The number of phenols is 1. The number of aliphatic hydroxyl groups is 3. The summed E-state index contributed by atoms with van der Waals surface area (Å²) >= 11 is 0. The molecule has 0 bridgehead atoms. The molecule has 8 heteroatoms. The van der Waals surface area contributed by atoms with E-state index < -0.39 is 51.9 Å². The zero-order chi connectivity index (χ0) is 26.6. The van der Waals surface area contributed by atoms with Gasteiger partial charge >= 0.3 is 0 Å². The molecule has 0 saturated carbocycles. The Morgan fingerprint density at radius 3 is 2.54 bits per heavy atom. The van der Waals surface area contributed by atoms with Gasteiger partial charge in [-0.15, -0.1) is 0 Å². The number of fused-ring (bicyclic) bond motifs is 3. The standard InChI is InChI=1S/C29H24O8/c1-14(30)23-22(32)13-18-11-17-12-20-16(7-6-15-4-3-5-19(10-15)37-2)8-9-21(31)25(20)26(33)24(17)28(35)29(18,36)27(23)34/h3-5,8-10,17-18,31-32,35-36H,11-13H2,1-2H3/t17-,18+,29-/m1/s1. The van der Waals surface area contributed by atoms with Crippen LogP contribution in [-0.4, -0.2) is 50.5 Å². The molecule has 188 valence electrons. The molecule has 3 atom stereocenters. The summed E-state index contributed by atoms with van der Waals surface area (Å²) in [5.41, 5.74) is -1.60. The molecule has 3 aliphatic rings. The minimum atomic E-state index is -2.51. The Balaban J connectivity index is 1.61. The molecule has 0 radical (unpaired) electrons. The Bertz CT molecular complexity index is 1520. The first-order chi connectivity index (χ1) is 17.6. The molecule has 0 aromatic heterocycles. The highest BCUT2D eigenvalue weighted by atomic mass is 16.5. The average Bonchev–Trinajstić information content (AvgIpc) is 2.85. The summed E-state index contributed by atoms with van der Waals surface area (Å²) in [5, 5.41) is 43.4. The van der Waals surface area contributed by atoms with Crippen molar-refractivity contribution < 1.29 is 39.5 Å². The molecule has 0 spiro atoms. The Morgan fingerprint density at radius 2 is 1.84 bits per heavy atom. The van der Waals surface area contributed by atoms with Crippen LogP contribution in [0.2, 0.25) is 0 Å². The SMILES string of the molecule is COc1cccc(C#Cc2ccc(O)c3c2C[C@H]2C[C@H]4CC(O)=C(C(C)=O)C(=O)[C@@]4(O)C(O)=C2C3=O)c1. The Morgan fingerprint density at radius 1 is 1.08 bits per heavy atom. The molecule has 37 heavy (non-hydrogen) atoms. The van der Waals surface area contributed by atoms with E-state index in [0.717, 1.165) is 6.92 Å². The van der Waals surface area contributed by atoms with Gasteiger partial charge in [-0.05, 0) is 61.6 Å². The lowest BCUT2D eigenvalue weighted by molar-refractivity contribution is -0.144. The number of benzene rings is 2. The molecule has 8 nitrogen and oxygen atoms in total. The second-order valence-electron chi connectivity index (χ2n) is 9.57. The van der Waals surface area contributed by atoms with Crippen LogP contribution in [0.25, 0.3) is 0 Å². The molecular formula is C29H24O8. The first-order valence-corrected chi connectivity index (χ1v) is 11.8. The van der Waals surface area contributed by atoms with Crippen LogP contribution in [0.3, 0.4) is 0 Å². The van der Waals surface area contributed by atoms with E-state index in [2.05, 4.69) is 11.8 Å². The van der Waals surface area contributed by atoms with Crippen molar-refractivity contribution in [3.05, 3.63) is 81.3 Å². The molecule has 5 rings (SSSR count). The lowest BCUT2D eigenvalue weighted by Crippen LogP contribution is -2.56. The Kier molecular flexibility index (Phi) is 5.69. The number of carbonyl (C=O) groups is 3. The number of hydrogen-bond acceptors (Lipinski definition) is 8. The molecule has 0 heterocycles. The van der Waals surface area contributed by atoms with Crippen LogP contribution < -0.4 is 4.74 Å². The highest BCUT2D eigenvalue weighted by molar-refractivity contribution is 6.25. The third-order valence-electron chi connectivity index (χ3n) is 7.46. The largest absolute Gasteiger partial charge is 0.511 e. The maximum atomic E-state index is 13.6.